The van der Waals surface area contributed by atoms with Crippen LogP contribution in [0, 0.1) is 0 Å². The van der Waals surface area contributed by atoms with Crippen LogP contribution in [0.25, 0.3) is 0 Å². The summed E-state index contributed by atoms with van der Waals surface area (Å²) < 4.78 is 89.4. The molecule has 0 saturated carbocycles. The number of alkyl halides is 4. The zero-order valence-corrected chi connectivity index (χ0v) is 16.0. The number of phosphoric ester groups is 1. The van der Waals surface area contributed by atoms with Crippen molar-refractivity contribution < 1.29 is 40.4 Å². The van der Waals surface area contributed by atoms with Gasteiger partial charge in [-0.25, -0.2) is 18.1 Å². The highest BCUT2D eigenvalue weighted by Crippen LogP contribution is 2.64. The molecule has 9 nitrogen and oxygen atoms in total. The van der Waals surface area contributed by atoms with E-state index < -0.39 is 62.3 Å². The van der Waals surface area contributed by atoms with E-state index in [0.29, 0.717) is 6.20 Å². The van der Waals surface area contributed by atoms with Crippen molar-refractivity contribution in [3.8, 4) is 0 Å². The highest BCUT2D eigenvalue weighted by molar-refractivity contribution is 7.48. The topological polar surface area (TPSA) is 115 Å². The number of anilines is 1. The molecule has 15 heteroatoms. The quantitative estimate of drug-likeness (QED) is 0.549. The fourth-order valence-corrected chi connectivity index (χ4v) is 4.59. The fourth-order valence-electron chi connectivity index (χ4n) is 2.82. The monoisotopic (exact) mass is 451 g/mol. The Morgan fingerprint density at radius 3 is 2.68 bits per heavy atom. The molecule has 2 aliphatic rings. The summed E-state index contributed by atoms with van der Waals surface area (Å²) in [6.07, 6.45) is -8.99. The van der Waals surface area contributed by atoms with Crippen LogP contribution in [0.2, 0.25) is 5.02 Å². The Kier molecular flexibility index (Phi) is 5.31. The highest BCUT2D eigenvalue weighted by Gasteiger charge is 2.75. The molecule has 2 aliphatic heterocycles. The van der Waals surface area contributed by atoms with E-state index in [-0.39, 0.29) is 9.59 Å². The third-order valence-corrected chi connectivity index (χ3v) is 5.92. The van der Waals surface area contributed by atoms with Gasteiger partial charge >= 0.3 is 19.4 Å². The third-order valence-electron chi connectivity index (χ3n) is 4.03. The first-order valence-corrected chi connectivity index (χ1v) is 9.65. The average molecular weight is 452 g/mol. The van der Waals surface area contributed by atoms with Gasteiger partial charge in [0.2, 0.25) is 6.23 Å². The Labute approximate surface area is 160 Å². The summed E-state index contributed by atoms with van der Waals surface area (Å²) in [4.78, 5) is 15.2. The minimum Gasteiger partial charge on any atom is -0.382 e. The standard InChI is InChI=1S/C13H15ClF4N3O6P/c1-5(2)26-28(23)24-4-12(9(15)16)8(27-28)13(17,18)10(25-12)21-3-6(14)7(19)20-11(21)22/h3,5,8-10H,4H2,1-2H3,(H2,19,20,22)/t8-,10?,12-,28?/m0/s1. The van der Waals surface area contributed by atoms with Crippen molar-refractivity contribution in [3.63, 3.8) is 0 Å². The number of ether oxygens (including phenoxy) is 1. The van der Waals surface area contributed by atoms with E-state index in [9.17, 15) is 18.1 Å². The van der Waals surface area contributed by atoms with Crippen LogP contribution in [0.4, 0.5) is 23.4 Å². The molecule has 3 rings (SSSR count). The number of halogens is 5. The zero-order chi connectivity index (χ0) is 21.1. The fraction of sp³-hybridized carbons (Fsp3) is 0.692. The summed E-state index contributed by atoms with van der Waals surface area (Å²) in [6.45, 7) is 1.60. The number of fused-ring (bicyclic) bond motifs is 1. The van der Waals surface area contributed by atoms with E-state index in [4.69, 9.17) is 35.6 Å². The summed E-state index contributed by atoms with van der Waals surface area (Å²) in [7, 11) is -4.59. The van der Waals surface area contributed by atoms with Crippen molar-refractivity contribution in [1.29, 1.82) is 0 Å². The zero-order valence-electron chi connectivity index (χ0n) is 14.4. The van der Waals surface area contributed by atoms with Crippen molar-refractivity contribution >= 4 is 25.2 Å². The molecule has 0 bridgehead atoms. The molecule has 0 spiro atoms. The SMILES string of the molecule is CC(C)OP1(=O)OC[C@]2(C(F)F)OC(n3cc(Cl)c(N)nc3=O)C(F)(F)[C@H]2O1. The number of nitrogens with two attached hydrogens (primary N) is 1. The number of hydrogen-bond donors (Lipinski definition) is 1. The van der Waals surface area contributed by atoms with Gasteiger partial charge in [-0.1, -0.05) is 11.6 Å². The molecule has 2 fully saturated rings. The van der Waals surface area contributed by atoms with E-state index in [1.165, 1.54) is 13.8 Å². The van der Waals surface area contributed by atoms with Crippen LogP contribution < -0.4 is 11.4 Å². The number of nitrogen functional groups attached to an aromatic ring is 1. The van der Waals surface area contributed by atoms with Crippen molar-refractivity contribution in [2.45, 2.75) is 50.2 Å². The Morgan fingerprint density at radius 1 is 1.46 bits per heavy atom. The number of phosphoric acid groups is 1. The van der Waals surface area contributed by atoms with Gasteiger partial charge in [0, 0.05) is 6.20 Å². The van der Waals surface area contributed by atoms with Crippen LogP contribution in [0.5, 0.6) is 0 Å². The van der Waals surface area contributed by atoms with Gasteiger partial charge in [-0.15, -0.1) is 0 Å². The summed E-state index contributed by atoms with van der Waals surface area (Å²) in [5.74, 6) is -4.71. The van der Waals surface area contributed by atoms with Crippen LogP contribution in [0.3, 0.4) is 0 Å². The van der Waals surface area contributed by atoms with Gasteiger partial charge in [0.05, 0.1) is 17.7 Å². The molecule has 0 aliphatic carbocycles. The van der Waals surface area contributed by atoms with Crippen molar-refractivity contribution in [2.75, 3.05) is 12.3 Å². The number of aromatic nitrogens is 2. The minimum atomic E-state index is -4.59. The average Bonchev–Trinajstić information content (AvgIpc) is 2.79. The van der Waals surface area contributed by atoms with E-state index >= 15 is 8.78 Å². The highest BCUT2D eigenvalue weighted by atomic mass is 35.5. The van der Waals surface area contributed by atoms with Gasteiger partial charge in [0.15, 0.2) is 11.7 Å². The van der Waals surface area contributed by atoms with Gasteiger partial charge < -0.3 is 10.5 Å². The first kappa shape index (κ1) is 21.5. The van der Waals surface area contributed by atoms with E-state index in [1.807, 2.05) is 0 Å². The molecule has 2 unspecified atom stereocenters. The molecule has 1 aromatic rings. The van der Waals surface area contributed by atoms with Gasteiger partial charge in [-0.05, 0) is 13.8 Å². The van der Waals surface area contributed by atoms with Gasteiger partial charge in [0.1, 0.15) is 5.82 Å². The Morgan fingerprint density at radius 2 is 2.11 bits per heavy atom. The van der Waals surface area contributed by atoms with Gasteiger partial charge in [0.25, 0.3) is 6.43 Å². The maximum absolute atomic E-state index is 15.1. The van der Waals surface area contributed by atoms with Crippen LogP contribution in [0.15, 0.2) is 11.0 Å². The van der Waals surface area contributed by atoms with Crippen LogP contribution in [0.1, 0.15) is 20.1 Å². The number of nitrogens with zero attached hydrogens (tertiary/aromatic N) is 2. The molecule has 0 amide bonds. The lowest BCUT2D eigenvalue weighted by Crippen LogP contribution is -2.57. The molecule has 0 aromatic carbocycles. The third kappa shape index (κ3) is 3.33. The maximum Gasteiger partial charge on any atom is 0.475 e. The summed E-state index contributed by atoms with van der Waals surface area (Å²) in [6, 6.07) is 0. The van der Waals surface area contributed by atoms with Crippen molar-refractivity contribution in [1.82, 2.24) is 9.55 Å². The lowest BCUT2D eigenvalue weighted by molar-refractivity contribution is -0.209. The minimum absolute atomic E-state index is 0.207. The Bertz CT molecular complexity index is 886. The van der Waals surface area contributed by atoms with Crippen LogP contribution >= 0.6 is 19.4 Å². The second-order valence-electron chi connectivity index (χ2n) is 6.42. The van der Waals surface area contributed by atoms with Gasteiger partial charge in [-0.3, -0.25) is 18.1 Å². The molecule has 3 heterocycles. The molecule has 28 heavy (non-hydrogen) atoms. The number of rotatable bonds is 4. The second kappa shape index (κ2) is 6.92. The first-order chi connectivity index (χ1) is 12.8. The molecule has 2 saturated heterocycles. The predicted molar refractivity (Wildman–Crippen MR) is 86.4 cm³/mol. The Hall–Kier alpha value is -1.24. The number of hydrogen-bond acceptors (Lipinski definition) is 8. The Balaban J connectivity index is 2.08. The maximum atomic E-state index is 15.1. The van der Waals surface area contributed by atoms with Gasteiger partial charge in [-0.2, -0.15) is 13.8 Å². The summed E-state index contributed by atoms with van der Waals surface area (Å²) in [5.41, 5.74) is 0.986. The molecule has 1 aromatic heterocycles. The van der Waals surface area contributed by atoms with Crippen molar-refractivity contribution in [2.24, 2.45) is 0 Å². The molecular weight excluding hydrogens is 437 g/mol. The van der Waals surface area contributed by atoms with E-state index in [0.717, 1.165) is 0 Å². The van der Waals surface area contributed by atoms with Crippen LogP contribution in [-0.2, 0) is 22.9 Å². The molecule has 158 valence electrons. The lowest BCUT2D eigenvalue weighted by atomic mass is 9.96. The first-order valence-electron chi connectivity index (χ1n) is 7.82. The van der Waals surface area contributed by atoms with Crippen molar-refractivity contribution in [3.05, 3.63) is 21.7 Å². The smallest absolute Gasteiger partial charge is 0.382 e. The molecule has 4 atom stereocenters. The summed E-state index contributed by atoms with van der Waals surface area (Å²) >= 11 is 5.69. The van der Waals surface area contributed by atoms with E-state index in [2.05, 4.69) is 4.98 Å². The van der Waals surface area contributed by atoms with E-state index in [1.54, 1.807) is 0 Å². The largest absolute Gasteiger partial charge is 0.475 e. The van der Waals surface area contributed by atoms with Crippen LogP contribution in [-0.4, -0.2) is 46.3 Å². The second-order valence-corrected chi connectivity index (χ2v) is 8.41. The normalized spacial score (nSPS) is 34.8. The predicted octanol–water partition coefficient (Wildman–Crippen LogP) is 2.60. The molecule has 0 radical (unpaired) electrons. The lowest BCUT2D eigenvalue weighted by Gasteiger charge is -2.39. The molecule has 2 N–H and O–H groups in total. The summed E-state index contributed by atoms with van der Waals surface area (Å²) in [5, 5.41) is -0.383. The molecular formula is C13H15ClF4N3O6P.